The summed E-state index contributed by atoms with van der Waals surface area (Å²) in [4.78, 5) is 26.1. The summed E-state index contributed by atoms with van der Waals surface area (Å²) in [6.07, 6.45) is 5.94. The lowest BCUT2D eigenvalue weighted by molar-refractivity contribution is 0.0818. The standard InChI is InChI=1S/C24H24N4O2/c1-30-20-6-10-28(11-7-20)22-13-18(5-8-25-22)24-21-12-16(2-3-19(21)15-27-24)17-4-9-26-23(29)14-17/h2-5,8-9,12-14,20H,6-7,10-11,15H2,1H3,(H,26,29). The highest BCUT2D eigenvalue weighted by molar-refractivity contribution is 6.15. The maximum absolute atomic E-state index is 11.7. The Morgan fingerprint density at radius 1 is 1.03 bits per heavy atom. The first-order chi connectivity index (χ1) is 14.7. The molecule has 0 amide bonds. The van der Waals surface area contributed by atoms with Crippen molar-refractivity contribution in [3.05, 3.63) is 81.9 Å². The molecule has 0 radical (unpaired) electrons. The molecule has 30 heavy (non-hydrogen) atoms. The molecule has 152 valence electrons. The Kier molecular flexibility index (Phi) is 4.93. The van der Waals surface area contributed by atoms with Crippen molar-refractivity contribution in [2.24, 2.45) is 4.99 Å². The maximum Gasteiger partial charge on any atom is 0.248 e. The van der Waals surface area contributed by atoms with Gasteiger partial charge in [0, 0.05) is 49.8 Å². The lowest BCUT2D eigenvalue weighted by Gasteiger charge is -2.32. The minimum Gasteiger partial charge on any atom is -0.381 e. The van der Waals surface area contributed by atoms with Crippen LogP contribution in [-0.2, 0) is 11.3 Å². The van der Waals surface area contributed by atoms with Crippen LogP contribution in [-0.4, -0.2) is 42.0 Å². The number of aromatic nitrogens is 2. The third-order valence-corrected chi connectivity index (χ3v) is 6.00. The van der Waals surface area contributed by atoms with Crippen LogP contribution in [0.15, 0.2) is 64.6 Å². The van der Waals surface area contributed by atoms with Gasteiger partial charge in [0.1, 0.15) is 5.82 Å². The number of hydrogen-bond acceptors (Lipinski definition) is 5. The molecule has 3 aromatic rings. The predicted molar refractivity (Wildman–Crippen MR) is 118 cm³/mol. The van der Waals surface area contributed by atoms with Crippen molar-refractivity contribution in [2.45, 2.75) is 25.5 Å². The van der Waals surface area contributed by atoms with E-state index in [2.05, 4.69) is 39.1 Å². The normalized spacial score (nSPS) is 16.4. The van der Waals surface area contributed by atoms with Gasteiger partial charge in [0.05, 0.1) is 18.4 Å². The molecule has 2 aliphatic rings. The third-order valence-electron chi connectivity index (χ3n) is 6.00. The van der Waals surface area contributed by atoms with E-state index in [1.807, 2.05) is 18.3 Å². The first kappa shape index (κ1) is 18.8. The summed E-state index contributed by atoms with van der Waals surface area (Å²) in [6, 6.07) is 14.0. The van der Waals surface area contributed by atoms with E-state index in [-0.39, 0.29) is 5.56 Å². The number of pyridine rings is 2. The fraction of sp³-hybridized carbons (Fsp3) is 0.292. The molecule has 0 aliphatic carbocycles. The zero-order valence-corrected chi connectivity index (χ0v) is 17.0. The fourth-order valence-electron chi connectivity index (χ4n) is 4.29. The number of hydrogen-bond donors (Lipinski definition) is 1. The summed E-state index contributed by atoms with van der Waals surface area (Å²) in [7, 11) is 1.79. The van der Waals surface area contributed by atoms with E-state index < -0.39 is 0 Å². The smallest absolute Gasteiger partial charge is 0.248 e. The highest BCUT2D eigenvalue weighted by Crippen LogP contribution is 2.29. The number of nitrogens with zero attached hydrogens (tertiary/aromatic N) is 3. The van der Waals surface area contributed by atoms with E-state index in [0.29, 0.717) is 12.6 Å². The Hall–Kier alpha value is -3.25. The minimum atomic E-state index is -0.0992. The SMILES string of the molecule is COC1CCN(c2cc(C3=NCc4ccc(-c5cc[nH]c(=O)c5)cc43)ccn2)CC1. The first-order valence-corrected chi connectivity index (χ1v) is 10.3. The summed E-state index contributed by atoms with van der Waals surface area (Å²) in [5.41, 5.74) is 6.23. The summed E-state index contributed by atoms with van der Waals surface area (Å²) in [5, 5.41) is 0. The summed E-state index contributed by atoms with van der Waals surface area (Å²) >= 11 is 0. The van der Waals surface area contributed by atoms with Crippen molar-refractivity contribution >= 4 is 11.5 Å². The Morgan fingerprint density at radius 3 is 2.67 bits per heavy atom. The number of aromatic amines is 1. The zero-order chi connectivity index (χ0) is 20.5. The number of benzene rings is 1. The number of anilines is 1. The Bertz CT molecular complexity index is 1160. The van der Waals surface area contributed by atoms with Crippen LogP contribution in [0.4, 0.5) is 5.82 Å². The monoisotopic (exact) mass is 400 g/mol. The van der Waals surface area contributed by atoms with Gasteiger partial charge in [-0.3, -0.25) is 9.79 Å². The van der Waals surface area contributed by atoms with Crippen molar-refractivity contribution < 1.29 is 4.74 Å². The molecule has 5 rings (SSSR count). The van der Waals surface area contributed by atoms with Gasteiger partial charge in [0.2, 0.25) is 5.56 Å². The number of nitrogens with one attached hydrogen (secondary N) is 1. The largest absolute Gasteiger partial charge is 0.381 e. The highest BCUT2D eigenvalue weighted by Gasteiger charge is 2.22. The van der Waals surface area contributed by atoms with Crippen LogP contribution in [0.1, 0.15) is 29.5 Å². The summed E-state index contributed by atoms with van der Waals surface area (Å²) in [6.45, 7) is 2.58. The lowest BCUT2D eigenvalue weighted by atomic mass is 9.96. The van der Waals surface area contributed by atoms with Gasteiger partial charge >= 0.3 is 0 Å². The Morgan fingerprint density at radius 2 is 1.87 bits per heavy atom. The Labute approximate surface area is 175 Å². The maximum atomic E-state index is 11.7. The summed E-state index contributed by atoms with van der Waals surface area (Å²) < 4.78 is 5.49. The molecule has 0 saturated carbocycles. The first-order valence-electron chi connectivity index (χ1n) is 10.3. The second-order valence-corrected chi connectivity index (χ2v) is 7.80. The van der Waals surface area contributed by atoms with Gasteiger partial charge in [-0.2, -0.15) is 0 Å². The van der Waals surface area contributed by atoms with Gasteiger partial charge in [-0.25, -0.2) is 4.98 Å². The molecule has 1 saturated heterocycles. The number of rotatable bonds is 4. The van der Waals surface area contributed by atoms with Crippen LogP contribution in [0.5, 0.6) is 0 Å². The van der Waals surface area contributed by atoms with Crippen LogP contribution in [0.3, 0.4) is 0 Å². The molecule has 1 N–H and O–H groups in total. The quantitative estimate of drug-likeness (QED) is 0.729. The lowest BCUT2D eigenvalue weighted by Crippen LogP contribution is -2.37. The van der Waals surface area contributed by atoms with Gasteiger partial charge in [0.25, 0.3) is 0 Å². The number of methoxy groups -OCH3 is 1. The molecular weight excluding hydrogens is 376 g/mol. The molecule has 1 fully saturated rings. The molecule has 6 nitrogen and oxygen atoms in total. The topological polar surface area (TPSA) is 70.6 Å². The Balaban J connectivity index is 1.45. The molecule has 0 bridgehead atoms. The average Bonchev–Trinajstić information content (AvgIpc) is 3.22. The number of piperidine rings is 1. The van der Waals surface area contributed by atoms with E-state index >= 15 is 0 Å². The average molecular weight is 400 g/mol. The van der Waals surface area contributed by atoms with Crippen LogP contribution in [0.25, 0.3) is 11.1 Å². The molecule has 0 spiro atoms. The number of ether oxygens (including phenoxy) is 1. The van der Waals surface area contributed by atoms with Crippen LogP contribution < -0.4 is 10.5 Å². The van der Waals surface area contributed by atoms with E-state index in [0.717, 1.165) is 59.7 Å². The van der Waals surface area contributed by atoms with Crippen molar-refractivity contribution in [3.8, 4) is 11.1 Å². The number of fused-ring (bicyclic) bond motifs is 1. The molecule has 2 aliphatic heterocycles. The van der Waals surface area contributed by atoms with Crippen molar-refractivity contribution in [2.75, 3.05) is 25.1 Å². The number of H-pyrrole nitrogens is 1. The summed E-state index contributed by atoms with van der Waals surface area (Å²) in [5.74, 6) is 0.990. The second-order valence-electron chi connectivity index (χ2n) is 7.80. The van der Waals surface area contributed by atoms with E-state index in [9.17, 15) is 4.79 Å². The molecule has 4 heterocycles. The van der Waals surface area contributed by atoms with Gasteiger partial charge in [-0.15, -0.1) is 0 Å². The van der Waals surface area contributed by atoms with Crippen LogP contribution in [0.2, 0.25) is 0 Å². The molecule has 1 aromatic carbocycles. The molecule has 6 heteroatoms. The zero-order valence-electron chi connectivity index (χ0n) is 17.0. The minimum absolute atomic E-state index is 0.0992. The van der Waals surface area contributed by atoms with E-state index in [4.69, 9.17) is 9.73 Å². The van der Waals surface area contributed by atoms with Crippen LogP contribution in [0, 0.1) is 0 Å². The van der Waals surface area contributed by atoms with Gasteiger partial charge in [-0.05, 0) is 53.8 Å². The van der Waals surface area contributed by atoms with Crippen molar-refractivity contribution in [3.63, 3.8) is 0 Å². The fourth-order valence-corrected chi connectivity index (χ4v) is 4.29. The highest BCUT2D eigenvalue weighted by atomic mass is 16.5. The van der Waals surface area contributed by atoms with Gasteiger partial charge in [-0.1, -0.05) is 12.1 Å². The molecule has 0 atom stereocenters. The van der Waals surface area contributed by atoms with E-state index in [1.165, 1.54) is 5.56 Å². The van der Waals surface area contributed by atoms with Gasteiger partial charge < -0.3 is 14.6 Å². The molecule has 0 unspecified atom stereocenters. The number of aliphatic imine (C=N–C) groups is 1. The van der Waals surface area contributed by atoms with Crippen LogP contribution >= 0.6 is 0 Å². The van der Waals surface area contributed by atoms with E-state index in [1.54, 1.807) is 19.4 Å². The molecular formula is C24H24N4O2. The van der Waals surface area contributed by atoms with Crippen molar-refractivity contribution in [1.29, 1.82) is 0 Å². The second kappa shape index (κ2) is 7.88. The molecule has 2 aromatic heterocycles. The predicted octanol–water partition coefficient (Wildman–Crippen LogP) is 3.40. The van der Waals surface area contributed by atoms with Crippen molar-refractivity contribution in [1.82, 2.24) is 9.97 Å². The third kappa shape index (κ3) is 3.55. The van der Waals surface area contributed by atoms with Gasteiger partial charge in [0.15, 0.2) is 0 Å².